The molecule has 142 valence electrons. The molecule has 2 unspecified atom stereocenters. The van der Waals surface area contributed by atoms with Crippen LogP contribution >= 0.6 is 0 Å². The number of aliphatic carboxylic acids is 1. The van der Waals surface area contributed by atoms with E-state index in [0.29, 0.717) is 6.29 Å². The molecule has 0 saturated heterocycles. The summed E-state index contributed by atoms with van der Waals surface area (Å²) in [6.07, 6.45) is -0.699. The van der Waals surface area contributed by atoms with Crippen molar-refractivity contribution in [1.82, 2.24) is 5.32 Å². The highest BCUT2D eigenvalue weighted by Gasteiger charge is 2.46. The molecular formula is C18H36N2O4. The van der Waals surface area contributed by atoms with E-state index in [1.54, 1.807) is 13.8 Å². The van der Waals surface area contributed by atoms with Gasteiger partial charge in [0.15, 0.2) is 0 Å². The number of nitrogens with one attached hydrogen (secondary N) is 1. The number of aliphatic hydroxyl groups excluding tert-OH is 1. The van der Waals surface area contributed by atoms with Crippen LogP contribution in [0.1, 0.15) is 61.8 Å². The third-order valence-corrected chi connectivity index (χ3v) is 4.29. The van der Waals surface area contributed by atoms with Crippen LogP contribution in [0.2, 0.25) is 0 Å². The lowest BCUT2D eigenvalue weighted by Crippen LogP contribution is -2.64. The Labute approximate surface area is 146 Å². The van der Waals surface area contributed by atoms with E-state index < -0.39 is 29.7 Å². The van der Waals surface area contributed by atoms with Crippen molar-refractivity contribution in [3.63, 3.8) is 0 Å². The monoisotopic (exact) mass is 344 g/mol. The highest BCUT2D eigenvalue weighted by atomic mass is 16.4. The van der Waals surface area contributed by atoms with Crippen molar-refractivity contribution >= 4 is 12.3 Å². The van der Waals surface area contributed by atoms with Crippen molar-refractivity contribution in [2.75, 3.05) is 0 Å². The number of carboxylic acids is 1. The lowest BCUT2D eigenvalue weighted by atomic mass is 9.61. The van der Waals surface area contributed by atoms with Gasteiger partial charge in [0, 0.05) is 11.6 Å². The average molecular weight is 344 g/mol. The normalized spacial score (nSPS) is 17.5. The summed E-state index contributed by atoms with van der Waals surface area (Å²) in [6, 6.07) is -1.41. The van der Waals surface area contributed by atoms with Crippen LogP contribution in [0, 0.1) is 16.7 Å². The summed E-state index contributed by atoms with van der Waals surface area (Å²) < 4.78 is 0. The number of aldehydes is 1. The van der Waals surface area contributed by atoms with Gasteiger partial charge in [-0.25, -0.2) is 0 Å². The second-order valence-electron chi connectivity index (χ2n) is 9.51. The van der Waals surface area contributed by atoms with Crippen LogP contribution in [0.25, 0.3) is 0 Å². The van der Waals surface area contributed by atoms with Gasteiger partial charge >= 0.3 is 5.97 Å². The van der Waals surface area contributed by atoms with Crippen molar-refractivity contribution in [2.45, 2.75) is 85.5 Å². The van der Waals surface area contributed by atoms with E-state index >= 15 is 0 Å². The van der Waals surface area contributed by atoms with E-state index in [9.17, 15) is 14.7 Å². The van der Waals surface area contributed by atoms with Gasteiger partial charge in [0.2, 0.25) is 0 Å². The molecule has 0 aromatic heterocycles. The number of hydrogen-bond donors (Lipinski definition) is 4. The van der Waals surface area contributed by atoms with Crippen LogP contribution in [0.15, 0.2) is 0 Å². The molecule has 0 amide bonds. The molecule has 0 aliphatic rings. The molecule has 5 N–H and O–H groups in total. The van der Waals surface area contributed by atoms with Crippen LogP contribution in [-0.2, 0) is 9.59 Å². The minimum Gasteiger partial charge on any atom is -0.481 e. The number of carboxylic acid groups (broad SMARTS) is 1. The van der Waals surface area contributed by atoms with E-state index in [-0.39, 0.29) is 23.2 Å². The van der Waals surface area contributed by atoms with E-state index in [4.69, 9.17) is 10.8 Å². The fourth-order valence-corrected chi connectivity index (χ4v) is 3.79. The Morgan fingerprint density at radius 1 is 1.08 bits per heavy atom. The number of aliphatic hydroxyl groups is 1. The Kier molecular flexibility index (Phi) is 7.61. The van der Waals surface area contributed by atoms with Crippen molar-refractivity contribution in [3.8, 4) is 0 Å². The lowest BCUT2D eigenvalue weighted by Gasteiger charge is -2.50. The van der Waals surface area contributed by atoms with Crippen LogP contribution in [0.4, 0.5) is 0 Å². The maximum atomic E-state index is 11.3. The molecule has 0 fully saturated rings. The first-order chi connectivity index (χ1) is 10.5. The second kappa shape index (κ2) is 7.93. The molecule has 0 aromatic rings. The summed E-state index contributed by atoms with van der Waals surface area (Å²) in [7, 11) is 0. The van der Waals surface area contributed by atoms with Gasteiger partial charge in [0.05, 0.1) is 18.6 Å². The standard InChI is InChI=1S/C18H36N2O4/c1-16(2,3)14(17(4,5)6)13(15(24)18(7,8)19)20-11(10-21)9-12(22)23/h10-11,13-15,20,24H,9,19H2,1-8H3,(H,22,23)/t11-,13?,15?/m1/s1. The molecule has 0 rings (SSSR count). The fraction of sp³-hybridized carbons (Fsp3) is 0.889. The van der Waals surface area contributed by atoms with Crippen molar-refractivity contribution in [2.24, 2.45) is 22.5 Å². The molecule has 0 aromatic carbocycles. The lowest BCUT2D eigenvalue weighted by molar-refractivity contribution is -0.138. The Balaban J connectivity index is 5.93. The molecule has 24 heavy (non-hydrogen) atoms. The summed E-state index contributed by atoms with van der Waals surface area (Å²) >= 11 is 0. The quantitative estimate of drug-likeness (QED) is 0.499. The number of carbonyl (C=O) groups is 2. The van der Waals surface area contributed by atoms with Gasteiger partial charge < -0.3 is 26.1 Å². The molecule has 0 radical (unpaired) electrons. The number of hydrogen-bond acceptors (Lipinski definition) is 5. The molecule has 0 bridgehead atoms. The highest BCUT2D eigenvalue weighted by molar-refractivity contribution is 5.73. The van der Waals surface area contributed by atoms with Gasteiger partial charge in [-0.05, 0) is 30.6 Å². The van der Waals surface area contributed by atoms with Gasteiger partial charge in [-0.2, -0.15) is 0 Å². The van der Waals surface area contributed by atoms with E-state index in [0.717, 1.165) is 0 Å². The van der Waals surface area contributed by atoms with Crippen LogP contribution < -0.4 is 11.1 Å². The second-order valence-corrected chi connectivity index (χ2v) is 9.51. The van der Waals surface area contributed by atoms with Gasteiger partial charge in [0.1, 0.15) is 6.29 Å². The van der Waals surface area contributed by atoms with Crippen molar-refractivity contribution in [3.05, 3.63) is 0 Å². The minimum atomic E-state index is -1.07. The molecule has 6 nitrogen and oxygen atoms in total. The number of nitrogens with two attached hydrogens (primary N) is 1. The average Bonchev–Trinajstić information content (AvgIpc) is 2.30. The molecule has 0 saturated carbocycles. The van der Waals surface area contributed by atoms with Gasteiger partial charge in [-0.15, -0.1) is 0 Å². The van der Waals surface area contributed by atoms with Crippen LogP contribution in [0.3, 0.4) is 0 Å². The Hall–Kier alpha value is -0.980. The zero-order valence-electron chi connectivity index (χ0n) is 16.4. The van der Waals surface area contributed by atoms with Crippen LogP contribution in [0.5, 0.6) is 0 Å². The van der Waals surface area contributed by atoms with E-state index in [1.165, 1.54) is 0 Å². The Bertz CT molecular complexity index is 416. The molecule has 0 heterocycles. The van der Waals surface area contributed by atoms with Crippen molar-refractivity contribution < 1.29 is 19.8 Å². The number of carbonyl (C=O) groups excluding carboxylic acids is 1. The first-order valence-corrected chi connectivity index (χ1v) is 8.42. The van der Waals surface area contributed by atoms with Crippen LogP contribution in [-0.4, -0.2) is 46.2 Å². The first kappa shape index (κ1) is 23.0. The molecule has 3 atom stereocenters. The Morgan fingerprint density at radius 3 is 1.75 bits per heavy atom. The minimum absolute atomic E-state index is 0.0564. The van der Waals surface area contributed by atoms with Crippen molar-refractivity contribution in [1.29, 1.82) is 0 Å². The summed E-state index contributed by atoms with van der Waals surface area (Å²) in [5, 5.41) is 22.9. The van der Waals surface area contributed by atoms with Gasteiger partial charge in [-0.1, -0.05) is 41.5 Å². The zero-order valence-corrected chi connectivity index (χ0v) is 16.4. The van der Waals surface area contributed by atoms with Gasteiger partial charge in [0.25, 0.3) is 0 Å². The highest BCUT2D eigenvalue weighted by Crippen LogP contribution is 2.44. The molecule has 6 heteroatoms. The fourth-order valence-electron chi connectivity index (χ4n) is 3.79. The van der Waals surface area contributed by atoms with E-state index in [1.807, 2.05) is 0 Å². The topological polar surface area (TPSA) is 113 Å². The summed E-state index contributed by atoms with van der Waals surface area (Å²) in [5.41, 5.74) is 4.84. The first-order valence-electron chi connectivity index (χ1n) is 8.42. The Morgan fingerprint density at radius 2 is 1.50 bits per heavy atom. The largest absolute Gasteiger partial charge is 0.481 e. The molecule has 0 spiro atoms. The molecule has 0 aliphatic heterocycles. The summed E-state index contributed by atoms with van der Waals surface area (Å²) in [5.74, 6) is -1.12. The number of rotatable bonds is 8. The smallest absolute Gasteiger partial charge is 0.305 e. The maximum absolute atomic E-state index is 11.3. The summed E-state index contributed by atoms with van der Waals surface area (Å²) in [4.78, 5) is 22.3. The SMILES string of the molecule is CC(C)(C)C(C(N[C@@H](C=O)CC(=O)O)C(O)C(C)(C)N)C(C)(C)C. The molecule has 0 aliphatic carbocycles. The molecular weight excluding hydrogens is 308 g/mol. The third-order valence-electron chi connectivity index (χ3n) is 4.29. The predicted octanol–water partition coefficient (Wildman–Crippen LogP) is 1.79. The maximum Gasteiger partial charge on any atom is 0.305 e. The predicted molar refractivity (Wildman–Crippen MR) is 95.7 cm³/mol. The van der Waals surface area contributed by atoms with E-state index in [2.05, 4.69) is 46.9 Å². The van der Waals surface area contributed by atoms with Gasteiger partial charge in [-0.3, -0.25) is 4.79 Å². The third kappa shape index (κ3) is 6.87. The summed E-state index contributed by atoms with van der Waals surface area (Å²) in [6.45, 7) is 15.9. The zero-order chi connectivity index (χ0) is 19.5.